The molecule has 2 rings (SSSR count). The normalized spacial score (nSPS) is 24.1. The van der Waals surface area contributed by atoms with Crippen LogP contribution in [0.15, 0.2) is 12.1 Å². The Balaban J connectivity index is 1.86. The van der Waals surface area contributed by atoms with E-state index in [2.05, 4.69) is 24.1 Å². The molecule has 1 amide bonds. The van der Waals surface area contributed by atoms with E-state index in [0.29, 0.717) is 11.8 Å². The van der Waals surface area contributed by atoms with Gasteiger partial charge >= 0.3 is 5.97 Å². The summed E-state index contributed by atoms with van der Waals surface area (Å²) in [5.74, 6) is -0.0985. The molecule has 0 saturated heterocycles. The lowest BCUT2D eigenvalue weighted by atomic mass is 9.78. The fraction of sp³-hybridized carbons (Fsp3) is 0.562. The first-order valence-corrected chi connectivity index (χ1v) is 8.42. The van der Waals surface area contributed by atoms with Gasteiger partial charge in [-0.1, -0.05) is 49.9 Å². The molecule has 0 unspecified atom stereocenters. The van der Waals surface area contributed by atoms with Crippen molar-refractivity contribution in [2.45, 2.75) is 39.2 Å². The largest absolute Gasteiger partial charge is 0.451 e. The summed E-state index contributed by atoms with van der Waals surface area (Å²) >= 11 is 11.6. The summed E-state index contributed by atoms with van der Waals surface area (Å²) in [7, 11) is 0. The highest BCUT2D eigenvalue weighted by Crippen LogP contribution is 2.29. The second-order valence-electron chi connectivity index (χ2n) is 5.98. The van der Waals surface area contributed by atoms with Gasteiger partial charge in [-0.3, -0.25) is 4.79 Å². The van der Waals surface area contributed by atoms with Crippen LogP contribution in [-0.4, -0.2) is 29.5 Å². The fourth-order valence-corrected chi connectivity index (χ4v) is 3.13. The smallest absolute Gasteiger partial charge is 0.359 e. The third-order valence-corrected chi connectivity index (χ3v) is 4.91. The molecule has 1 aromatic heterocycles. The highest BCUT2D eigenvalue weighted by molar-refractivity contribution is 6.34. The topological polar surface area (TPSA) is 68.3 Å². The zero-order chi connectivity index (χ0) is 17.0. The maximum absolute atomic E-state index is 12.0. The molecular weight excluding hydrogens is 339 g/mol. The van der Waals surface area contributed by atoms with Crippen LogP contribution in [0.5, 0.6) is 0 Å². The molecule has 1 aromatic rings. The predicted molar refractivity (Wildman–Crippen MR) is 88.6 cm³/mol. The molecule has 3 atom stereocenters. The van der Waals surface area contributed by atoms with E-state index in [4.69, 9.17) is 27.9 Å². The zero-order valence-corrected chi connectivity index (χ0v) is 14.7. The molecule has 1 aliphatic carbocycles. The number of nitrogens with zero attached hydrogens (tertiary/aromatic N) is 1. The Labute approximate surface area is 145 Å². The number of hydrogen-bond acceptors (Lipinski definition) is 4. The van der Waals surface area contributed by atoms with Crippen molar-refractivity contribution in [2.24, 2.45) is 11.8 Å². The van der Waals surface area contributed by atoms with Gasteiger partial charge in [0.2, 0.25) is 0 Å². The van der Waals surface area contributed by atoms with Crippen LogP contribution in [0.1, 0.15) is 43.6 Å². The standard InChI is InChI=1S/C16H20Cl2N2O3/c1-9-4-3-5-12(10(9)2)19-14(21)8-23-16(22)15-11(17)6-7-13(18)20-15/h6-7,9-10,12H,3-5,8H2,1-2H3,(H,19,21)/t9-,10+,12-/m0/s1. The molecule has 126 valence electrons. The van der Waals surface area contributed by atoms with E-state index >= 15 is 0 Å². The number of pyridine rings is 1. The van der Waals surface area contributed by atoms with E-state index in [0.717, 1.165) is 12.8 Å². The van der Waals surface area contributed by atoms with Gasteiger partial charge in [0.15, 0.2) is 12.3 Å². The molecule has 0 radical (unpaired) electrons. The average Bonchev–Trinajstić information content (AvgIpc) is 2.52. The molecule has 0 bridgehead atoms. The summed E-state index contributed by atoms with van der Waals surface area (Å²) < 4.78 is 4.97. The van der Waals surface area contributed by atoms with Gasteiger partial charge in [0.05, 0.1) is 5.02 Å². The van der Waals surface area contributed by atoms with Gasteiger partial charge in [0.1, 0.15) is 5.15 Å². The second-order valence-corrected chi connectivity index (χ2v) is 6.78. The van der Waals surface area contributed by atoms with Crippen LogP contribution in [0, 0.1) is 11.8 Å². The molecule has 5 nitrogen and oxygen atoms in total. The first kappa shape index (κ1) is 18.0. The Kier molecular flexibility index (Phi) is 6.25. The average molecular weight is 359 g/mol. The Morgan fingerprint density at radius 2 is 2.04 bits per heavy atom. The first-order chi connectivity index (χ1) is 10.9. The maximum atomic E-state index is 12.0. The predicted octanol–water partition coefficient (Wildman–Crippen LogP) is 3.49. The molecule has 1 fully saturated rings. The highest BCUT2D eigenvalue weighted by atomic mass is 35.5. The van der Waals surface area contributed by atoms with Gasteiger partial charge < -0.3 is 10.1 Å². The Hall–Kier alpha value is -1.33. The van der Waals surface area contributed by atoms with E-state index in [9.17, 15) is 9.59 Å². The van der Waals surface area contributed by atoms with Gasteiger partial charge in [-0.25, -0.2) is 9.78 Å². The van der Waals surface area contributed by atoms with Crippen LogP contribution in [0.25, 0.3) is 0 Å². The van der Waals surface area contributed by atoms with Crippen molar-refractivity contribution in [2.75, 3.05) is 6.61 Å². The molecule has 23 heavy (non-hydrogen) atoms. The Bertz CT molecular complexity index is 595. The number of esters is 1. The molecule has 0 spiro atoms. The number of nitrogens with one attached hydrogen (secondary N) is 1. The minimum absolute atomic E-state index is 0.0911. The molecule has 1 saturated carbocycles. The number of carbonyl (C=O) groups is 2. The summed E-state index contributed by atoms with van der Waals surface area (Å²) in [4.78, 5) is 27.7. The van der Waals surface area contributed by atoms with Gasteiger partial charge in [0.25, 0.3) is 5.91 Å². The molecule has 1 N–H and O–H groups in total. The minimum atomic E-state index is -0.766. The number of ether oxygens (including phenoxy) is 1. The van der Waals surface area contributed by atoms with Crippen molar-refractivity contribution >= 4 is 35.1 Å². The number of amides is 1. The van der Waals surface area contributed by atoms with Crippen molar-refractivity contribution in [1.82, 2.24) is 10.3 Å². The highest BCUT2D eigenvalue weighted by Gasteiger charge is 2.28. The third kappa shape index (κ3) is 4.82. The lowest BCUT2D eigenvalue weighted by Crippen LogP contribution is -2.45. The zero-order valence-electron chi connectivity index (χ0n) is 13.1. The molecule has 0 aliphatic heterocycles. The number of halogens is 2. The molecule has 0 aromatic carbocycles. The molecule has 1 aliphatic rings. The number of carbonyl (C=O) groups excluding carboxylic acids is 2. The van der Waals surface area contributed by atoms with Crippen LogP contribution < -0.4 is 5.32 Å². The Morgan fingerprint density at radius 3 is 2.78 bits per heavy atom. The minimum Gasteiger partial charge on any atom is -0.451 e. The number of aromatic nitrogens is 1. The summed E-state index contributed by atoms with van der Waals surface area (Å²) in [5, 5.41) is 3.21. The lowest BCUT2D eigenvalue weighted by Gasteiger charge is -2.34. The molecular formula is C16H20Cl2N2O3. The summed E-state index contributed by atoms with van der Waals surface area (Å²) in [6.45, 7) is 3.97. The SMILES string of the molecule is C[C@H]1[C@@H](NC(=O)COC(=O)c2nc(Cl)ccc2Cl)CCC[C@@H]1C. The van der Waals surface area contributed by atoms with Crippen LogP contribution in [0.2, 0.25) is 10.2 Å². The second kappa shape index (κ2) is 7.97. The van der Waals surface area contributed by atoms with Crippen LogP contribution in [0.3, 0.4) is 0 Å². The van der Waals surface area contributed by atoms with Gasteiger partial charge in [-0.05, 0) is 30.4 Å². The lowest BCUT2D eigenvalue weighted by molar-refractivity contribution is -0.125. The summed E-state index contributed by atoms with van der Waals surface area (Å²) in [5.41, 5.74) is -0.0911. The fourth-order valence-electron chi connectivity index (χ4n) is 2.80. The molecule has 1 heterocycles. The van der Waals surface area contributed by atoms with E-state index in [1.807, 2.05) is 0 Å². The van der Waals surface area contributed by atoms with E-state index in [1.54, 1.807) is 0 Å². The first-order valence-electron chi connectivity index (χ1n) is 7.67. The summed E-state index contributed by atoms with van der Waals surface area (Å²) in [6.07, 6.45) is 3.23. The quantitative estimate of drug-likeness (QED) is 0.660. The van der Waals surface area contributed by atoms with Crippen LogP contribution in [0.4, 0.5) is 0 Å². The number of rotatable bonds is 4. The van der Waals surface area contributed by atoms with Crippen molar-refractivity contribution in [3.8, 4) is 0 Å². The number of hydrogen-bond donors (Lipinski definition) is 1. The van der Waals surface area contributed by atoms with Gasteiger partial charge in [0, 0.05) is 6.04 Å². The Morgan fingerprint density at radius 1 is 1.30 bits per heavy atom. The van der Waals surface area contributed by atoms with Gasteiger partial charge in [-0.2, -0.15) is 0 Å². The van der Waals surface area contributed by atoms with E-state index in [1.165, 1.54) is 18.6 Å². The van der Waals surface area contributed by atoms with Crippen molar-refractivity contribution in [3.63, 3.8) is 0 Å². The maximum Gasteiger partial charge on any atom is 0.359 e. The van der Waals surface area contributed by atoms with Crippen molar-refractivity contribution in [3.05, 3.63) is 28.0 Å². The van der Waals surface area contributed by atoms with Crippen LogP contribution in [-0.2, 0) is 9.53 Å². The van der Waals surface area contributed by atoms with Crippen LogP contribution >= 0.6 is 23.2 Å². The van der Waals surface area contributed by atoms with E-state index in [-0.39, 0.29) is 34.4 Å². The van der Waals surface area contributed by atoms with Gasteiger partial charge in [-0.15, -0.1) is 0 Å². The monoisotopic (exact) mass is 358 g/mol. The van der Waals surface area contributed by atoms with Crippen molar-refractivity contribution in [1.29, 1.82) is 0 Å². The molecule has 7 heteroatoms. The summed E-state index contributed by atoms with van der Waals surface area (Å²) in [6, 6.07) is 3.05. The van der Waals surface area contributed by atoms with Crippen molar-refractivity contribution < 1.29 is 14.3 Å². The third-order valence-electron chi connectivity index (χ3n) is 4.39. The van der Waals surface area contributed by atoms with E-state index < -0.39 is 5.97 Å².